The molecule has 0 saturated carbocycles. The lowest BCUT2D eigenvalue weighted by Crippen LogP contribution is -2.33. The third-order valence-corrected chi connectivity index (χ3v) is 3.46. The molecule has 2 aliphatic heterocycles. The molecule has 1 aromatic rings. The van der Waals surface area contributed by atoms with Gasteiger partial charge in [0.05, 0.1) is 5.69 Å². The van der Waals surface area contributed by atoms with E-state index in [0.717, 1.165) is 30.8 Å². The maximum Gasteiger partial charge on any atom is 0.261 e. The molecule has 0 radical (unpaired) electrons. The van der Waals surface area contributed by atoms with Gasteiger partial charge < -0.3 is 5.32 Å². The second-order valence-corrected chi connectivity index (χ2v) is 4.65. The first-order valence-electron chi connectivity index (χ1n) is 6.06. The highest BCUT2D eigenvalue weighted by Gasteiger charge is 2.32. The average Bonchev–Trinajstić information content (AvgIpc) is 2.63. The summed E-state index contributed by atoms with van der Waals surface area (Å²) in [4.78, 5) is 25.2. The van der Waals surface area contributed by atoms with Gasteiger partial charge in [0.15, 0.2) is 0 Å². The first-order chi connectivity index (χ1) is 8.68. The first kappa shape index (κ1) is 11.2. The van der Waals surface area contributed by atoms with Crippen LogP contribution in [0.5, 0.6) is 0 Å². The van der Waals surface area contributed by atoms with Gasteiger partial charge in [-0.05, 0) is 37.1 Å². The van der Waals surface area contributed by atoms with Gasteiger partial charge in [-0.1, -0.05) is 12.1 Å². The van der Waals surface area contributed by atoms with Gasteiger partial charge in [-0.15, -0.1) is 0 Å². The number of hydrogen-bond acceptors (Lipinski definition) is 3. The summed E-state index contributed by atoms with van der Waals surface area (Å²) in [6.45, 7) is 3.36. The summed E-state index contributed by atoms with van der Waals surface area (Å²) >= 11 is 0. The Morgan fingerprint density at radius 3 is 2.83 bits per heavy atom. The molecule has 0 aliphatic carbocycles. The fourth-order valence-electron chi connectivity index (χ4n) is 2.54. The van der Waals surface area contributed by atoms with Crippen LogP contribution in [-0.4, -0.2) is 18.4 Å². The number of fused-ring (bicyclic) bond motifs is 1. The van der Waals surface area contributed by atoms with E-state index in [4.69, 9.17) is 0 Å². The molecule has 92 valence electrons. The minimum absolute atomic E-state index is 0.202. The van der Waals surface area contributed by atoms with Gasteiger partial charge in [0, 0.05) is 18.2 Å². The van der Waals surface area contributed by atoms with Gasteiger partial charge in [-0.25, -0.2) is 4.90 Å². The zero-order valence-electron chi connectivity index (χ0n) is 10.2. The maximum absolute atomic E-state index is 12.0. The van der Waals surface area contributed by atoms with Crippen LogP contribution >= 0.6 is 0 Å². The Kier molecular flexibility index (Phi) is 2.52. The minimum atomic E-state index is -0.232. The molecule has 0 unspecified atom stereocenters. The third-order valence-electron chi connectivity index (χ3n) is 3.46. The summed E-state index contributed by atoms with van der Waals surface area (Å²) in [5.74, 6) is -0.434. The molecule has 1 aromatic carbocycles. The number of imide groups is 1. The molecule has 2 amide bonds. The predicted octanol–water partition coefficient (Wildman–Crippen LogP) is 1.15. The van der Waals surface area contributed by atoms with Crippen molar-refractivity contribution >= 4 is 17.5 Å². The zero-order valence-corrected chi connectivity index (χ0v) is 10.2. The van der Waals surface area contributed by atoms with Gasteiger partial charge in [0.1, 0.15) is 0 Å². The largest absolute Gasteiger partial charge is 0.312 e. The Morgan fingerprint density at radius 2 is 2.11 bits per heavy atom. The van der Waals surface area contributed by atoms with Gasteiger partial charge in [0.2, 0.25) is 0 Å². The maximum atomic E-state index is 12.0. The molecule has 0 fully saturated rings. The number of hydrogen-bond donors (Lipinski definition) is 1. The number of nitrogens with one attached hydrogen (secondary N) is 1. The smallest absolute Gasteiger partial charge is 0.261 e. The van der Waals surface area contributed by atoms with Gasteiger partial charge in [-0.2, -0.15) is 0 Å². The Balaban J connectivity index is 2.08. The topological polar surface area (TPSA) is 49.4 Å². The predicted molar refractivity (Wildman–Crippen MR) is 68.1 cm³/mol. The van der Waals surface area contributed by atoms with Gasteiger partial charge in [0.25, 0.3) is 11.8 Å². The van der Waals surface area contributed by atoms with Crippen molar-refractivity contribution in [3.8, 4) is 0 Å². The second-order valence-electron chi connectivity index (χ2n) is 4.65. The molecular weight excluding hydrogens is 228 g/mol. The molecule has 4 heteroatoms. The fraction of sp³-hybridized carbons (Fsp3) is 0.286. The van der Waals surface area contributed by atoms with Gasteiger partial charge in [-0.3, -0.25) is 9.59 Å². The van der Waals surface area contributed by atoms with Crippen molar-refractivity contribution in [3.05, 3.63) is 41.0 Å². The lowest BCUT2D eigenvalue weighted by Gasteiger charge is -2.24. The van der Waals surface area contributed by atoms with Crippen molar-refractivity contribution in [3.63, 3.8) is 0 Å². The lowest BCUT2D eigenvalue weighted by molar-refractivity contribution is -0.120. The van der Waals surface area contributed by atoms with E-state index in [1.165, 1.54) is 16.5 Å². The summed E-state index contributed by atoms with van der Waals surface area (Å²) in [7, 11) is 0. The van der Waals surface area contributed by atoms with E-state index in [-0.39, 0.29) is 11.8 Å². The molecule has 0 atom stereocenters. The molecule has 0 bridgehead atoms. The molecule has 18 heavy (non-hydrogen) atoms. The minimum Gasteiger partial charge on any atom is -0.312 e. The summed E-state index contributed by atoms with van der Waals surface area (Å²) in [5.41, 5.74) is 3.54. The Bertz CT molecular complexity index is 575. The lowest BCUT2D eigenvalue weighted by atomic mass is 9.98. The molecule has 0 aromatic heterocycles. The highest BCUT2D eigenvalue weighted by atomic mass is 16.2. The monoisotopic (exact) mass is 242 g/mol. The number of amides is 2. The summed E-state index contributed by atoms with van der Waals surface area (Å²) in [6.07, 6.45) is 2.25. The number of rotatable bonds is 1. The number of benzene rings is 1. The van der Waals surface area contributed by atoms with Crippen LogP contribution in [0, 0.1) is 0 Å². The summed E-state index contributed by atoms with van der Waals surface area (Å²) in [5, 5.41) is 3.29. The molecule has 3 rings (SSSR count). The SMILES string of the molecule is CC1=CC(=O)N(c2cccc3c2CCNC3)C1=O. The Morgan fingerprint density at radius 1 is 1.28 bits per heavy atom. The van der Waals surface area contributed by atoms with Crippen LogP contribution in [0.2, 0.25) is 0 Å². The molecule has 1 N–H and O–H groups in total. The van der Waals surface area contributed by atoms with Crippen LogP contribution < -0.4 is 10.2 Å². The molecule has 2 heterocycles. The highest BCUT2D eigenvalue weighted by Crippen LogP contribution is 2.30. The fourth-order valence-corrected chi connectivity index (χ4v) is 2.54. The number of carbonyl (C=O) groups excluding carboxylic acids is 2. The van der Waals surface area contributed by atoms with Crippen molar-refractivity contribution in [2.24, 2.45) is 0 Å². The van der Waals surface area contributed by atoms with E-state index >= 15 is 0 Å². The first-order valence-corrected chi connectivity index (χ1v) is 6.06. The van der Waals surface area contributed by atoms with Crippen molar-refractivity contribution < 1.29 is 9.59 Å². The van der Waals surface area contributed by atoms with Crippen LogP contribution in [0.15, 0.2) is 29.8 Å². The van der Waals surface area contributed by atoms with Crippen molar-refractivity contribution in [2.75, 3.05) is 11.4 Å². The number of nitrogens with zero attached hydrogens (tertiary/aromatic N) is 1. The molecule has 2 aliphatic rings. The summed E-state index contributed by atoms with van der Waals surface area (Å²) in [6, 6.07) is 5.79. The Labute approximate surface area is 105 Å². The normalized spacial score (nSPS) is 18.9. The molecular formula is C14H14N2O2. The standard InChI is InChI=1S/C14H14N2O2/c1-9-7-13(17)16(14(9)18)12-4-2-3-10-8-15-6-5-11(10)12/h2-4,7,15H,5-6,8H2,1H3. The van der Waals surface area contributed by atoms with E-state index in [0.29, 0.717) is 5.57 Å². The van der Waals surface area contributed by atoms with E-state index in [2.05, 4.69) is 5.32 Å². The van der Waals surface area contributed by atoms with Crippen molar-refractivity contribution in [1.82, 2.24) is 5.32 Å². The van der Waals surface area contributed by atoms with E-state index in [9.17, 15) is 9.59 Å². The average molecular weight is 242 g/mol. The van der Waals surface area contributed by atoms with E-state index < -0.39 is 0 Å². The molecule has 4 nitrogen and oxygen atoms in total. The van der Waals surface area contributed by atoms with Crippen LogP contribution in [0.1, 0.15) is 18.1 Å². The quantitative estimate of drug-likeness (QED) is 0.752. The third kappa shape index (κ3) is 1.57. The van der Waals surface area contributed by atoms with Crippen LogP contribution in [-0.2, 0) is 22.6 Å². The summed E-state index contributed by atoms with van der Waals surface area (Å²) < 4.78 is 0. The number of anilines is 1. The second kappa shape index (κ2) is 4.07. The highest BCUT2D eigenvalue weighted by molar-refractivity contribution is 6.30. The van der Waals surface area contributed by atoms with E-state index in [1.807, 2.05) is 18.2 Å². The Hall–Kier alpha value is -1.94. The van der Waals surface area contributed by atoms with Gasteiger partial charge >= 0.3 is 0 Å². The molecule has 0 saturated heterocycles. The molecule has 0 spiro atoms. The van der Waals surface area contributed by atoms with E-state index in [1.54, 1.807) is 6.92 Å². The van der Waals surface area contributed by atoms with Crippen LogP contribution in [0.25, 0.3) is 0 Å². The van der Waals surface area contributed by atoms with Crippen LogP contribution in [0.4, 0.5) is 5.69 Å². The van der Waals surface area contributed by atoms with Crippen molar-refractivity contribution in [2.45, 2.75) is 19.9 Å². The zero-order chi connectivity index (χ0) is 12.7. The van der Waals surface area contributed by atoms with Crippen LogP contribution in [0.3, 0.4) is 0 Å². The number of carbonyl (C=O) groups is 2. The van der Waals surface area contributed by atoms with Crippen molar-refractivity contribution in [1.29, 1.82) is 0 Å².